The predicted molar refractivity (Wildman–Crippen MR) is 67.7 cm³/mol. The first-order chi connectivity index (χ1) is 7.65. The van der Waals surface area contributed by atoms with Crippen molar-refractivity contribution in [2.45, 2.75) is 26.2 Å². The van der Waals surface area contributed by atoms with Gasteiger partial charge in [0.05, 0.1) is 6.61 Å². The van der Waals surface area contributed by atoms with Crippen molar-refractivity contribution in [1.82, 2.24) is 4.98 Å². The molecule has 0 atom stereocenters. The highest BCUT2D eigenvalue weighted by atomic mass is 32.1. The average Bonchev–Trinajstić information content (AvgIpc) is 3.01. The molecular formula is C12H16N2OS. The zero-order valence-corrected chi connectivity index (χ0v) is 10.2. The van der Waals surface area contributed by atoms with Crippen LogP contribution in [0.4, 0.5) is 0 Å². The maximum absolute atomic E-state index is 5.60. The number of ether oxygens (including phenoxy) is 1. The number of aromatic nitrogens is 1. The lowest BCUT2D eigenvalue weighted by molar-refractivity contribution is 0.291. The van der Waals surface area contributed by atoms with Gasteiger partial charge in [0.1, 0.15) is 4.99 Å². The number of hydrogen-bond donors (Lipinski definition) is 1. The quantitative estimate of drug-likeness (QED) is 0.796. The van der Waals surface area contributed by atoms with Crippen LogP contribution in [0.15, 0.2) is 12.1 Å². The second-order valence-corrected chi connectivity index (χ2v) is 4.72. The Morgan fingerprint density at radius 2 is 2.31 bits per heavy atom. The summed E-state index contributed by atoms with van der Waals surface area (Å²) in [6, 6.07) is 3.68. The Kier molecular flexibility index (Phi) is 3.39. The van der Waals surface area contributed by atoms with Crippen molar-refractivity contribution in [3.8, 4) is 5.88 Å². The van der Waals surface area contributed by atoms with Crippen molar-refractivity contribution in [3.05, 3.63) is 23.4 Å². The summed E-state index contributed by atoms with van der Waals surface area (Å²) in [6.07, 6.45) is 3.82. The van der Waals surface area contributed by atoms with E-state index in [1.165, 1.54) is 12.8 Å². The summed E-state index contributed by atoms with van der Waals surface area (Å²) in [7, 11) is 0. The van der Waals surface area contributed by atoms with Crippen LogP contribution in [0.25, 0.3) is 0 Å². The van der Waals surface area contributed by atoms with Gasteiger partial charge < -0.3 is 10.5 Å². The second-order valence-electron chi connectivity index (χ2n) is 4.28. The molecule has 0 bridgehead atoms. The minimum Gasteiger partial charge on any atom is -0.478 e. The highest BCUT2D eigenvalue weighted by molar-refractivity contribution is 7.80. The second kappa shape index (κ2) is 4.78. The van der Waals surface area contributed by atoms with Crippen LogP contribution in [-0.4, -0.2) is 16.6 Å². The van der Waals surface area contributed by atoms with Gasteiger partial charge in [-0.2, -0.15) is 0 Å². The van der Waals surface area contributed by atoms with Gasteiger partial charge in [-0.3, -0.25) is 0 Å². The van der Waals surface area contributed by atoms with Crippen LogP contribution in [0.5, 0.6) is 5.88 Å². The molecule has 2 rings (SSSR count). The van der Waals surface area contributed by atoms with Crippen LogP contribution in [0, 0.1) is 12.8 Å². The van der Waals surface area contributed by atoms with Crippen molar-refractivity contribution < 1.29 is 4.74 Å². The molecule has 1 aliphatic carbocycles. The molecule has 2 N–H and O–H groups in total. The molecule has 1 aliphatic rings. The fraction of sp³-hybridized carbons (Fsp3) is 0.500. The topological polar surface area (TPSA) is 48.1 Å². The van der Waals surface area contributed by atoms with Crippen LogP contribution in [-0.2, 0) is 0 Å². The maximum atomic E-state index is 5.60. The standard InChI is InChI=1S/C12H16N2OS/c1-8-6-10(12(13)16)7-11(14-8)15-5-4-9-2-3-9/h6-7,9H,2-5H2,1H3,(H2,13,16). The molecule has 1 fully saturated rings. The van der Waals surface area contributed by atoms with Gasteiger partial charge >= 0.3 is 0 Å². The van der Waals surface area contributed by atoms with Crippen LogP contribution in [0.1, 0.15) is 30.5 Å². The lowest BCUT2D eigenvalue weighted by Crippen LogP contribution is -2.11. The number of pyridine rings is 1. The summed E-state index contributed by atoms with van der Waals surface area (Å²) < 4.78 is 5.60. The molecule has 0 unspecified atom stereocenters. The molecule has 0 aromatic carbocycles. The van der Waals surface area contributed by atoms with Crippen LogP contribution in [0.2, 0.25) is 0 Å². The highest BCUT2D eigenvalue weighted by Gasteiger charge is 2.20. The zero-order chi connectivity index (χ0) is 11.5. The van der Waals surface area contributed by atoms with Crippen molar-refractivity contribution in [2.75, 3.05) is 6.61 Å². The summed E-state index contributed by atoms with van der Waals surface area (Å²) >= 11 is 4.94. The van der Waals surface area contributed by atoms with Crippen molar-refractivity contribution in [1.29, 1.82) is 0 Å². The lowest BCUT2D eigenvalue weighted by Gasteiger charge is -2.07. The Morgan fingerprint density at radius 3 is 2.94 bits per heavy atom. The molecule has 1 saturated carbocycles. The molecule has 86 valence electrons. The van der Waals surface area contributed by atoms with E-state index in [0.29, 0.717) is 10.9 Å². The molecule has 4 heteroatoms. The molecule has 0 amide bonds. The summed E-state index contributed by atoms with van der Waals surface area (Å²) in [4.78, 5) is 4.68. The number of thiocarbonyl (C=S) groups is 1. The first kappa shape index (κ1) is 11.3. The third kappa shape index (κ3) is 3.17. The first-order valence-corrected chi connectivity index (χ1v) is 5.97. The molecule has 3 nitrogen and oxygen atoms in total. The largest absolute Gasteiger partial charge is 0.478 e. The third-order valence-electron chi connectivity index (χ3n) is 2.69. The summed E-state index contributed by atoms with van der Waals surface area (Å²) in [5, 5.41) is 0. The Hall–Kier alpha value is -1.16. The molecule has 0 radical (unpaired) electrons. The summed E-state index contributed by atoms with van der Waals surface area (Å²) in [6.45, 7) is 2.65. The fourth-order valence-corrected chi connectivity index (χ4v) is 1.71. The summed E-state index contributed by atoms with van der Waals surface area (Å²) in [5.41, 5.74) is 7.29. The van der Waals surface area contributed by atoms with E-state index < -0.39 is 0 Å². The zero-order valence-electron chi connectivity index (χ0n) is 9.40. The van der Waals surface area contributed by atoms with Crippen LogP contribution in [0.3, 0.4) is 0 Å². The van der Waals surface area contributed by atoms with Gasteiger partial charge in [-0.1, -0.05) is 25.1 Å². The van der Waals surface area contributed by atoms with E-state index in [-0.39, 0.29) is 0 Å². The number of hydrogen-bond acceptors (Lipinski definition) is 3. The van der Waals surface area contributed by atoms with Gasteiger partial charge in [-0.05, 0) is 25.3 Å². The van der Waals surface area contributed by atoms with Gasteiger partial charge in [0.15, 0.2) is 0 Å². The normalized spacial score (nSPS) is 14.8. The Labute approximate surface area is 101 Å². The average molecular weight is 236 g/mol. The molecule has 1 aromatic rings. The molecule has 1 heterocycles. The van der Waals surface area contributed by atoms with Crippen LogP contribution < -0.4 is 10.5 Å². The molecule has 0 saturated heterocycles. The lowest BCUT2D eigenvalue weighted by atomic mass is 10.2. The van der Waals surface area contributed by atoms with E-state index in [1.54, 1.807) is 0 Å². The van der Waals surface area contributed by atoms with E-state index in [2.05, 4.69) is 4.98 Å². The van der Waals surface area contributed by atoms with E-state index >= 15 is 0 Å². The van der Waals surface area contributed by atoms with Gasteiger partial charge in [0.25, 0.3) is 0 Å². The Bertz CT molecular complexity index is 402. The van der Waals surface area contributed by atoms with Gasteiger partial charge in [-0.25, -0.2) is 4.98 Å². The van der Waals surface area contributed by atoms with Gasteiger partial charge in [0.2, 0.25) is 5.88 Å². The first-order valence-electron chi connectivity index (χ1n) is 5.56. The molecule has 16 heavy (non-hydrogen) atoms. The van der Waals surface area contributed by atoms with E-state index in [9.17, 15) is 0 Å². The number of aryl methyl sites for hydroxylation is 1. The van der Waals surface area contributed by atoms with Crippen LogP contribution >= 0.6 is 12.2 Å². The fourth-order valence-electron chi connectivity index (χ4n) is 1.59. The smallest absolute Gasteiger partial charge is 0.214 e. The molecule has 1 aromatic heterocycles. The van der Waals surface area contributed by atoms with E-state index in [0.717, 1.165) is 30.2 Å². The highest BCUT2D eigenvalue weighted by Crippen LogP contribution is 2.32. The number of rotatable bonds is 5. The minimum atomic E-state index is 0.387. The maximum Gasteiger partial charge on any atom is 0.214 e. The third-order valence-corrected chi connectivity index (χ3v) is 2.92. The van der Waals surface area contributed by atoms with E-state index in [4.69, 9.17) is 22.7 Å². The van der Waals surface area contributed by atoms with Crippen molar-refractivity contribution in [2.24, 2.45) is 11.7 Å². The van der Waals surface area contributed by atoms with Gasteiger partial charge in [-0.15, -0.1) is 0 Å². The van der Waals surface area contributed by atoms with E-state index in [1.807, 2.05) is 19.1 Å². The molecular weight excluding hydrogens is 220 g/mol. The van der Waals surface area contributed by atoms with Crippen molar-refractivity contribution in [3.63, 3.8) is 0 Å². The number of nitrogens with two attached hydrogens (primary N) is 1. The number of nitrogens with zero attached hydrogens (tertiary/aromatic N) is 1. The molecule has 0 aliphatic heterocycles. The predicted octanol–water partition coefficient (Wildman–Crippen LogP) is 2.20. The van der Waals surface area contributed by atoms with Crippen molar-refractivity contribution >= 4 is 17.2 Å². The Morgan fingerprint density at radius 1 is 1.56 bits per heavy atom. The van der Waals surface area contributed by atoms with Gasteiger partial charge in [0, 0.05) is 17.3 Å². The molecule has 0 spiro atoms. The monoisotopic (exact) mass is 236 g/mol. The minimum absolute atomic E-state index is 0.387. The SMILES string of the molecule is Cc1cc(C(N)=S)cc(OCCC2CC2)n1. The summed E-state index contributed by atoms with van der Waals surface area (Å²) in [5.74, 6) is 1.50. The Balaban J connectivity index is 1.98.